The van der Waals surface area contributed by atoms with Gasteiger partial charge in [0.25, 0.3) is 0 Å². The van der Waals surface area contributed by atoms with Crippen LogP contribution in [0.5, 0.6) is 0 Å². The molecular weight excluding hydrogens is 1360 g/mol. The molecule has 0 N–H and O–H groups in total. The molecule has 6 nitrogen and oxygen atoms in total. The summed E-state index contributed by atoms with van der Waals surface area (Å²) in [5.74, 6) is 0. The Labute approximate surface area is 645 Å². The van der Waals surface area contributed by atoms with E-state index in [-0.39, 0.29) is 0 Å². The fourth-order valence-electron chi connectivity index (χ4n) is 17.3. The first-order valence-electron chi connectivity index (χ1n) is 38.3. The van der Waals surface area contributed by atoms with Crippen molar-refractivity contribution in [3.8, 4) is 44.8 Å². The molecule has 4 heterocycles. The van der Waals surface area contributed by atoms with Crippen LogP contribution in [-0.2, 0) is 0 Å². The van der Waals surface area contributed by atoms with Crippen LogP contribution in [0.1, 0.15) is 0 Å². The summed E-state index contributed by atoms with van der Waals surface area (Å²) in [4.78, 5) is 4.66. The minimum absolute atomic E-state index is 0.915. The van der Waals surface area contributed by atoms with Crippen LogP contribution in [0.3, 0.4) is 0 Å². The van der Waals surface area contributed by atoms with Crippen molar-refractivity contribution in [3.05, 3.63) is 413 Å². The number of furan rings is 2. The molecule has 23 rings (SSSR count). The zero-order valence-corrected chi connectivity index (χ0v) is 60.9. The maximum atomic E-state index is 6.53. The SMILES string of the molecule is c1ccc(N(c2ccc(-c3ccc(-n4c5ccccc5c5c6oc7ccccc7c6ccc54)cc3)cc2)c2ccc(-c3ccc4c(ccc5ccccc54)c3)cc2)cc1.c1ccc(N(c2ccc(-c3ccc4ccccc4c3)cc2)c2ccc3cc(-n4c5ccccc5c5c6oc7ccccc7c6ccc54)ccc3c2)cc1. The standard InChI is InChI=1S/C56H36N2O.C50H32N2O/c1-2-11-43(12-3-1)57(45-29-24-39(25-30-45)41-26-33-48-42(36-41)19-18-40-10-4-5-13-47(40)48)44-27-20-37(21-28-44)38-22-31-46(32-23-38)58-52-16-8-6-15-51(52)55-53(58)35-34-50-49-14-7-9-17-54(49)59-56(50)55;1-2-12-39(13-3-1)51(40-24-20-34(21-25-40)36-19-18-33-10-4-5-11-35(33)30-36)41-26-22-38-32-42(27-23-37(38)31-41)52-46-16-8-6-15-45(46)49-47(52)29-28-44-43-14-7-9-17-48(43)53-50(44)49/h1-36H;1-32H. The molecule has 0 saturated heterocycles. The second-order valence-electron chi connectivity index (χ2n) is 29.1. The fraction of sp³-hybridized carbons (Fsp3) is 0. The van der Waals surface area contributed by atoms with Crippen molar-refractivity contribution in [3.63, 3.8) is 0 Å². The van der Waals surface area contributed by atoms with Crippen molar-refractivity contribution < 1.29 is 8.83 Å². The first kappa shape index (κ1) is 64.2. The van der Waals surface area contributed by atoms with Crippen molar-refractivity contribution in [2.45, 2.75) is 0 Å². The molecule has 0 radical (unpaired) electrons. The molecule has 19 aromatic carbocycles. The molecule has 23 aromatic rings. The Morgan fingerprint density at radius 3 is 1.09 bits per heavy atom. The highest BCUT2D eigenvalue weighted by Crippen LogP contribution is 2.46. The normalized spacial score (nSPS) is 11.8. The van der Waals surface area contributed by atoms with Crippen molar-refractivity contribution >= 4 is 165 Å². The van der Waals surface area contributed by atoms with E-state index >= 15 is 0 Å². The summed E-state index contributed by atoms with van der Waals surface area (Å²) in [5.41, 5.74) is 24.3. The first-order valence-corrected chi connectivity index (χ1v) is 38.3. The molecule has 0 atom stereocenters. The van der Waals surface area contributed by atoms with E-state index in [4.69, 9.17) is 8.83 Å². The highest BCUT2D eigenvalue weighted by atomic mass is 16.3. The van der Waals surface area contributed by atoms with Gasteiger partial charge in [0.15, 0.2) is 0 Å². The van der Waals surface area contributed by atoms with E-state index in [1.54, 1.807) is 0 Å². The summed E-state index contributed by atoms with van der Waals surface area (Å²) in [5, 5.41) is 19.2. The Morgan fingerprint density at radius 2 is 0.518 bits per heavy atom. The Bertz CT molecular complexity index is 7600. The summed E-state index contributed by atoms with van der Waals surface area (Å²) >= 11 is 0. The number of rotatable bonds is 11. The summed E-state index contributed by atoms with van der Waals surface area (Å²) in [7, 11) is 0. The number of anilines is 6. The number of hydrogen-bond acceptors (Lipinski definition) is 4. The van der Waals surface area contributed by atoms with Crippen molar-refractivity contribution in [1.82, 2.24) is 9.13 Å². The highest BCUT2D eigenvalue weighted by molar-refractivity contribution is 6.25. The van der Waals surface area contributed by atoms with Crippen LogP contribution in [0.25, 0.3) is 175 Å². The Hall–Kier alpha value is -15.0. The largest absolute Gasteiger partial charge is 0.455 e. The molecule has 0 aliphatic carbocycles. The Kier molecular flexibility index (Phi) is 15.2. The maximum absolute atomic E-state index is 6.53. The second kappa shape index (κ2) is 26.5. The lowest BCUT2D eigenvalue weighted by Crippen LogP contribution is -2.09. The van der Waals surface area contributed by atoms with Gasteiger partial charge in [0.2, 0.25) is 0 Å². The highest BCUT2D eigenvalue weighted by Gasteiger charge is 2.23. The zero-order chi connectivity index (χ0) is 73.7. The Morgan fingerprint density at radius 1 is 0.179 bits per heavy atom. The molecule has 0 aliphatic rings. The molecule has 0 amide bonds. The van der Waals surface area contributed by atoms with E-state index in [2.05, 4.69) is 419 Å². The van der Waals surface area contributed by atoms with E-state index in [1.165, 1.54) is 87.2 Å². The van der Waals surface area contributed by atoms with E-state index in [1.807, 2.05) is 12.1 Å². The van der Waals surface area contributed by atoms with Gasteiger partial charge in [-0.1, -0.05) is 255 Å². The molecule has 0 spiro atoms. The number of hydrogen-bond donors (Lipinski definition) is 0. The van der Waals surface area contributed by atoms with Gasteiger partial charge in [0, 0.05) is 77.8 Å². The third-order valence-corrected chi connectivity index (χ3v) is 22.7. The topological polar surface area (TPSA) is 42.6 Å². The van der Waals surface area contributed by atoms with Crippen molar-refractivity contribution in [2.75, 3.05) is 9.80 Å². The van der Waals surface area contributed by atoms with Crippen LogP contribution < -0.4 is 9.80 Å². The lowest BCUT2D eigenvalue weighted by Gasteiger charge is -2.26. The summed E-state index contributed by atoms with van der Waals surface area (Å²) in [6, 6.07) is 148. The average molecular weight is 1430 g/mol. The molecule has 112 heavy (non-hydrogen) atoms. The molecule has 6 heteroatoms. The van der Waals surface area contributed by atoms with Crippen molar-refractivity contribution in [1.29, 1.82) is 0 Å². The van der Waals surface area contributed by atoms with E-state index in [0.29, 0.717) is 0 Å². The van der Waals surface area contributed by atoms with Gasteiger partial charge in [-0.3, -0.25) is 0 Å². The molecule has 0 unspecified atom stereocenters. The molecule has 0 bridgehead atoms. The fourth-order valence-corrected chi connectivity index (χ4v) is 17.3. The minimum Gasteiger partial charge on any atom is -0.455 e. The van der Waals surface area contributed by atoms with Gasteiger partial charge >= 0.3 is 0 Å². The number of benzene rings is 19. The average Bonchev–Trinajstić information content (AvgIpc) is 1.57. The van der Waals surface area contributed by atoms with E-state index in [9.17, 15) is 0 Å². The molecular formula is C106H68N4O2. The Balaban J connectivity index is 0.000000138. The third-order valence-electron chi connectivity index (χ3n) is 22.7. The summed E-state index contributed by atoms with van der Waals surface area (Å²) in [6.07, 6.45) is 0. The van der Waals surface area contributed by atoms with E-state index in [0.717, 1.165) is 122 Å². The number of para-hydroxylation sites is 6. The predicted molar refractivity (Wildman–Crippen MR) is 472 cm³/mol. The second-order valence-corrected chi connectivity index (χ2v) is 29.1. The predicted octanol–water partition coefficient (Wildman–Crippen LogP) is 29.9. The van der Waals surface area contributed by atoms with Crippen LogP contribution in [-0.4, -0.2) is 9.13 Å². The molecule has 0 fully saturated rings. The van der Waals surface area contributed by atoms with Crippen LogP contribution in [0.15, 0.2) is 421 Å². The molecule has 0 aliphatic heterocycles. The third kappa shape index (κ3) is 10.9. The van der Waals surface area contributed by atoms with Crippen LogP contribution in [0.2, 0.25) is 0 Å². The minimum atomic E-state index is 0.915. The van der Waals surface area contributed by atoms with Gasteiger partial charge in [-0.2, -0.15) is 0 Å². The van der Waals surface area contributed by atoms with Crippen LogP contribution in [0.4, 0.5) is 34.1 Å². The monoisotopic (exact) mass is 1430 g/mol. The van der Waals surface area contributed by atoms with Gasteiger partial charge < -0.3 is 27.8 Å². The first-order chi connectivity index (χ1) is 55.5. The smallest absolute Gasteiger partial charge is 0.145 e. The number of aromatic nitrogens is 2. The maximum Gasteiger partial charge on any atom is 0.145 e. The van der Waals surface area contributed by atoms with Crippen LogP contribution in [0, 0.1) is 0 Å². The van der Waals surface area contributed by atoms with Gasteiger partial charge in [0.05, 0.1) is 32.8 Å². The number of fused-ring (bicyclic) bond motifs is 19. The van der Waals surface area contributed by atoms with Gasteiger partial charge in [-0.05, 0) is 234 Å². The zero-order valence-electron chi connectivity index (χ0n) is 60.9. The van der Waals surface area contributed by atoms with E-state index < -0.39 is 0 Å². The summed E-state index contributed by atoms with van der Waals surface area (Å²) < 4.78 is 17.8. The lowest BCUT2D eigenvalue weighted by atomic mass is 9.97. The van der Waals surface area contributed by atoms with Crippen molar-refractivity contribution in [2.24, 2.45) is 0 Å². The van der Waals surface area contributed by atoms with Gasteiger partial charge in [0.1, 0.15) is 22.3 Å². The molecule has 4 aromatic heterocycles. The van der Waals surface area contributed by atoms with Gasteiger partial charge in [-0.15, -0.1) is 0 Å². The van der Waals surface area contributed by atoms with Crippen LogP contribution >= 0.6 is 0 Å². The molecule has 0 saturated carbocycles. The summed E-state index contributed by atoms with van der Waals surface area (Å²) in [6.45, 7) is 0. The quantitative estimate of drug-likeness (QED) is 0.121. The number of nitrogens with zero attached hydrogens (tertiary/aromatic N) is 4. The van der Waals surface area contributed by atoms with Gasteiger partial charge in [-0.25, -0.2) is 0 Å². The lowest BCUT2D eigenvalue weighted by molar-refractivity contribution is 0.672. The molecule has 524 valence electrons.